The van der Waals surface area contributed by atoms with Gasteiger partial charge in [-0.3, -0.25) is 9.78 Å². The molecule has 19 heavy (non-hydrogen) atoms. The van der Waals surface area contributed by atoms with E-state index in [0.717, 1.165) is 12.1 Å². The summed E-state index contributed by atoms with van der Waals surface area (Å²) in [6, 6.07) is 1.90. The van der Waals surface area contributed by atoms with Gasteiger partial charge < -0.3 is 10.0 Å². The van der Waals surface area contributed by atoms with E-state index in [1.165, 1.54) is 4.90 Å². The predicted molar refractivity (Wildman–Crippen MR) is 62.5 cm³/mol. The molecule has 0 saturated carbocycles. The normalized spacial score (nSPS) is 11.4. The number of rotatable bonds is 5. The van der Waals surface area contributed by atoms with Crippen LogP contribution in [0.5, 0.6) is 0 Å². The first-order valence-electron chi connectivity index (χ1n) is 5.83. The smallest absolute Gasteiger partial charge is 0.396 e. The van der Waals surface area contributed by atoms with Crippen molar-refractivity contribution in [2.24, 2.45) is 0 Å². The Balaban J connectivity index is 2.82. The highest BCUT2D eigenvalue weighted by molar-refractivity contribution is 5.92. The van der Waals surface area contributed by atoms with Crippen LogP contribution in [0.15, 0.2) is 18.3 Å². The van der Waals surface area contributed by atoms with Crippen LogP contribution in [0.4, 0.5) is 13.2 Å². The first-order valence-corrected chi connectivity index (χ1v) is 5.83. The molecule has 0 bridgehead atoms. The SMILES string of the molecule is CCN(CCCO)C(=O)c1ccc(C(F)(F)F)cn1. The number of aromatic nitrogens is 1. The topological polar surface area (TPSA) is 53.4 Å². The molecule has 0 aliphatic rings. The quantitative estimate of drug-likeness (QED) is 0.894. The van der Waals surface area contributed by atoms with Crippen molar-refractivity contribution >= 4 is 5.91 Å². The molecule has 0 fully saturated rings. The van der Waals surface area contributed by atoms with Crippen LogP contribution in [0.1, 0.15) is 29.4 Å². The molecular formula is C12H15F3N2O2. The lowest BCUT2D eigenvalue weighted by Crippen LogP contribution is -2.32. The van der Waals surface area contributed by atoms with E-state index >= 15 is 0 Å². The largest absolute Gasteiger partial charge is 0.417 e. The van der Waals surface area contributed by atoms with Crippen molar-refractivity contribution in [2.45, 2.75) is 19.5 Å². The standard InChI is InChI=1S/C12H15F3N2O2/c1-2-17(6-3-7-18)11(19)10-5-4-9(8-16-10)12(13,14)15/h4-5,8,18H,2-3,6-7H2,1H3. The number of hydrogen-bond acceptors (Lipinski definition) is 3. The van der Waals surface area contributed by atoms with Crippen molar-refractivity contribution < 1.29 is 23.1 Å². The summed E-state index contributed by atoms with van der Waals surface area (Å²) >= 11 is 0. The Labute approximate surface area is 108 Å². The second-order valence-electron chi connectivity index (χ2n) is 3.89. The van der Waals surface area contributed by atoms with Crippen molar-refractivity contribution in [3.05, 3.63) is 29.6 Å². The van der Waals surface area contributed by atoms with E-state index in [0.29, 0.717) is 25.7 Å². The van der Waals surface area contributed by atoms with Crippen LogP contribution in [0, 0.1) is 0 Å². The first-order chi connectivity index (χ1) is 8.90. The van der Waals surface area contributed by atoms with Gasteiger partial charge in [0.25, 0.3) is 5.91 Å². The average Bonchev–Trinajstić information content (AvgIpc) is 2.38. The number of aliphatic hydroxyl groups is 1. The van der Waals surface area contributed by atoms with Gasteiger partial charge in [0.15, 0.2) is 0 Å². The van der Waals surface area contributed by atoms with E-state index in [-0.39, 0.29) is 12.3 Å². The third kappa shape index (κ3) is 4.20. The number of aliphatic hydroxyl groups excluding tert-OH is 1. The molecule has 1 amide bonds. The summed E-state index contributed by atoms with van der Waals surface area (Å²) in [5.41, 5.74) is -0.921. The maximum absolute atomic E-state index is 12.3. The molecule has 0 aliphatic carbocycles. The minimum Gasteiger partial charge on any atom is -0.396 e. The fourth-order valence-corrected chi connectivity index (χ4v) is 1.51. The van der Waals surface area contributed by atoms with Crippen molar-refractivity contribution in [2.75, 3.05) is 19.7 Å². The average molecular weight is 276 g/mol. The third-order valence-electron chi connectivity index (χ3n) is 2.57. The highest BCUT2D eigenvalue weighted by Gasteiger charge is 2.31. The highest BCUT2D eigenvalue weighted by atomic mass is 19.4. The number of carbonyl (C=O) groups excluding carboxylic acids is 1. The van der Waals surface area contributed by atoms with Gasteiger partial charge in [0.05, 0.1) is 5.56 Å². The van der Waals surface area contributed by atoms with Crippen molar-refractivity contribution in [3.63, 3.8) is 0 Å². The van der Waals surface area contributed by atoms with Crippen molar-refractivity contribution in [1.82, 2.24) is 9.88 Å². The Morgan fingerprint density at radius 3 is 2.53 bits per heavy atom. The van der Waals surface area contributed by atoms with Crippen LogP contribution in [0.25, 0.3) is 0 Å². The zero-order valence-corrected chi connectivity index (χ0v) is 10.4. The summed E-state index contributed by atoms with van der Waals surface area (Å²) in [4.78, 5) is 16.9. The molecule has 0 spiro atoms. The van der Waals surface area contributed by atoms with E-state index in [2.05, 4.69) is 4.98 Å². The van der Waals surface area contributed by atoms with Crippen LogP contribution >= 0.6 is 0 Å². The summed E-state index contributed by atoms with van der Waals surface area (Å²) in [5, 5.41) is 8.71. The minimum atomic E-state index is -4.46. The maximum Gasteiger partial charge on any atom is 0.417 e. The summed E-state index contributed by atoms with van der Waals surface area (Å²) in [6.07, 6.45) is -3.40. The van der Waals surface area contributed by atoms with Gasteiger partial charge in [0, 0.05) is 25.9 Å². The molecule has 1 aromatic rings. The molecule has 106 valence electrons. The molecule has 7 heteroatoms. The maximum atomic E-state index is 12.3. The van der Waals surface area contributed by atoms with Gasteiger partial charge in [-0.1, -0.05) is 0 Å². The molecular weight excluding hydrogens is 261 g/mol. The monoisotopic (exact) mass is 276 g/mol. The fraction of sp³-hybridized carbons (Fsp3) is 0.500. The van der Waals surface area contributed by atoms with E-state index in [9.17, 15) is 18.0 Å². The molecule has 1 heterocycles. The summed E-state index contributed by atoms with van der Waals surface area (Å²) in [5.74, 6) is -0.440. The van der Waals surface area contributed by atoms with Crippen LogP contribution < -0.4 is 0 Å². The summed E-state index contributed by atoms with van der Waals surface area (Å²) in [7, 11) is 0. The number of pyridine rings is 1. The Bertz CT molecular complexity index is 418. The molecule has 0 unspecified atom stereocenters. The Morgan fingerprint density at radius 1 is 1.42 bits per heavy atom. The third-order valence-corrected chi connectivity index (χ3v) is 2.57. The van der Waals surface area contributed by atoms with Crippen molar-refractivity contribution in [3.8, 4) is 0 Å². The number of nitrogens with zero attached hydrogens (tertiary/aromatic N) is 2. The Morgan fingerprint density at radius 2 is 2.11 bits per heavy atom. The highest BCUT2D eigenvalue weighted by Crippen LogP contribution is 2.28. The summed E-state index contributed by atoms with van der Waals surface area (Å²) < 4.78 is 37.0. The summed E-state index contributed by atoms with van der Waals surface area (Å²) in [6.45, 7) is 2.44. The molecule has 1 N–H and O–H groups in total. The number of amides is 1. The van der Waals surface area contributed by atoms with E-state index < -0.39 is 17.6 Å². The van der Waals surface area contributed by atoms with Crippen LogP contribution in [-0.4, -0.2) is 40.6 Å². The fourth-order valence-electron chi connectivity index (χ4n) is 1.51. The Kier molecular flexibility index (Phi) is 5.29. The number of carbonyl (C=O) groups is 1. The molecule has 0 atom stereocenters. The molecule has 4 nitrogen and oxygen atoms in total. The lowest BCUT2D eigenvalue weighted by atomic mass is 10.2. The second kappa shape index (κ2) is 6.51. The van der Waals surface area contributed by atoms with E-state index in [1.54, 1.807) is 6.92 Å². The molecule has 0 aromatic carbocycles. The van der Waals surface area contributed by atoms with Gasteiger partial charge in [-0.25, -0.2) is 0 Å². The number of hydrogen-bond donors (Lipinski definition) is 1. The predicted octanol–water partition coefficient (Wildman–Crippen LogP) is 1.94. The number of alkyl halides is 3. The van der Waals surface area contributed by atoms with Gasteiger partial charge >= 0.3 is 6.18 Å². The van der Waals surface area contributed by atoms with Gasteiger partial charge in [0.1, 0.15) is 5.69 Å². The van der Waals surface area contributed by atoms with Crippen molar-refractivity contribution in [1.29, 1.82) is 0 Å². The number of halogens is 3. The zero-order chi connectivity index (χ0) is 14.5. The van der Waals surface area contributed by atoms with Gasteiger partial charge in [-0.05, 0) is 25.5 Å². The lowest BCUT2D eigenvalue weighted by Gasteiger charge is -2.20. The van der Waals surface area contributed by atoms with Crippen LogP contribution in [0.3, 0.4) is 0 Å². The molecule has 0 aliphatic heterocycles. The molecule has 1 rings (SSSR count). The van der Waals surface area contributed by atoms with Gasteiger partial charge in [-0.15, -0.1) is 0 Å². The molecule has 0 radical (unpaired) electrons. The van der Waals surface area contributed by atoms with Crippen LogP contribution in [0.2, 0.25) is 0 Å². The minimum absolute atomic E-state index is 0.0345. The van der Waals surface area contributed by atoms with Crippen LogP contribution in [-0.2, 0) is 6.18 Å². The van der Waals surface area contributed by atoms with Gasteiger partial charge in [-0.2, -0.15) is 13.2 Å². The zero-order valence-electron chi connectivity index (χ0n) is 10.4. The second-order valence-corrected chi connectivity index (χ2v) is 3.89. The lowest BCUT2D eigenvalue weighted by molar-refractivity contribution is -0.137. The van der Waals surface area contributed by atoms with E-state index in [1.807, 2.05) is 0 Å². The molecule has 1 aromatic heterocycles. The van der Waals surface area contributed by atoms with Gasteiger partial charge in [0.2, 0.25) is 0 Å². The first kappa shape index (κ1) is 15.4. The van der Waals surface area contributed by atoms with E-state index in [4.69, 9.17) is 5.11 Å². The molecule has 0 saturated heterocycles. The Hall–Kier alpha value is -1.63.